The fourth-order valence-corrected chi connectivity index (χ4v) is 15.9. The Morgan fingerprint density at radius 3 is 1.52 bits per heavy atom. The predicted octanol–water partition coefficient (Wildman–Crippen LogP) is 19.3. The van der Waals surface area contributed by atoms with E-state index in [0.29, 0.717) is 0 Å². The molecule has 2 heteroatoms. The van der Waals surface area contributed by atoms with Crippen LogP contribution in [0.25, 0.3) is 5.57 Å². The second kappa shape index (κ2) is 16.2. The van der Waals surface area contributed by atoms with Crippen LogP contribution in [0.2, 0.25) is 0 Å². The van der Waals surface area contributed by atoms with E-state index in [0.717, 1.165) is 19.3 Å². The Morgan fingerprint density at radius 2 is 0.986 bits per heavy atom. The first-order valence-corrected chi connectivity index (χ1v) is 27.5. The third-order valence-electron chi connectivity index (χ3n) is 19.0. The second-order valence-electron chi connectivity index (χ2n) is 28.4. The second-order valence-corrected chi connectivity index (χ2v) is 28.4. The lowest BCUT2D eigenvalue weighted by Gasteiger charge is -2.59. The zero-order valence-electron chi connectivity index (χ0n) is 48.3. The number of rotatable bonds is 9. The summed E-state index contributed by atoms with van der Waals surface area (Å²) in [6.07, 6.45) is 15.3. The van der Waals surface area contributed by atoms with Gasteiger partial charge in [-0.05, 0) is 193 Å². The van der Waals surface area contributed by atoms with Gasteiger partial charge in [0.15, 0.2) is 0 Å². The molecule has 5 aromatic carbocycles. The van der Waals surface area contributed by atoms with Crippen molar-refractivity contribution >= 4 is 28.3 Å². The summed E-state index contributed by atoms with van der Waals surface area (Å²) in [5.74, 6) is 0. The van der Waals surface area contributed by atoms with Gasteiger partial charge in [-0.25, -0.2) is 0 Å². The van der Waals surface area contributed by atoms with Crippen LogP contribution in [0.4, 0.5) is 22.7 Å². The lowest BCUT2D eigenvalue weighted by molar-refractivity contribution is 0.338. The molecule has 0 heterocycles. The molecule has 0 N–H and O–H groups in total. The van der Waals surface area contributed by atoms with Crippen molar-refractivity contribution in [3.63, 3.8) is 0 Å². The molecular weight excluding hydrogens is 881 g/mol. The molecule has 380 valence electrons. The van der Waals surface area contributed by atoms with Crippen molar-refractivity contribution in [3.8, 4) is 0 Å². The van der Waals surface area contributed by atoms with Crippen LogP contribution < -0.4 is 9.80 Å². The van der Waals surface area contributed by atoms with Gasteiger partial charge in [0.05, 0.1) is 5.69 Å². The molecule has 1 fully saturated rings. The van der Waals surface area contributed by atoms with Crippen LogP contribution in [0.5, 0.6) is 0 Å². The molecule has 2 atom stereocenters. The zero-order chi connectivity index (χ0) is 53.0. The van der Waals surface area contributed by atoms with Crippen molar-refractivity contribution in [1.29, 1.82) is 0 Å². The molecule has 6 aliphatic rings. The van der Waals surface area contributed by atoms with Crippen LogP contribution in [-0.4, -0.2) is 5.54 Å². The summed E-state index contributed by atoms with van der Waals surface area (Å²) in [5, 5.41) is 0. The van der Waals surface area contributed by atoms with Gasteiger partial charge in [-0.2, -0.15) is 0 Å². The summed E-state index contributed by atoms with van der Waals surface area (Å²) in [6, 6.07) is 38.2. The highest BCUT2D eigenvalue weighted by molar-refractivity contribution is 5.99. The highest BCUT2D eigenvalue weighted by Crippen LogP contribution is 2.69. The van der Waals surface area contributed by atoms with E-state index in [-0.39, 0.29) is 43.3 Å². The molecule has 73 heavy (non-hydrogen) atoms. The van der Waals surface area contributed by atoms with Gasteiger partial charge in [-0.15, -0.1) is 0 Å². The number of fused-ring (bicyclic) bond motifs is 2. The van der Waals surface area contributed by atoms with Gasteiger partial charge in [-0.3, -0.25) is 0 Å². The van der Waals surface area contributed by atoms with E-state index >= 15 is 0 Å². The fraction of sp³-hybridized carbons (Fsp3) is 0.437. The normalized spacial score (nSPS) is 25.2. The summed E-state index contributed by atoms with van der Waals surface area (Å²) in [4.78, 5) is 5.51. The SMILES string of the molecule is C=CC=C1/C(=C\N(c2cc3c(cc2C)C(C)(C)CC3(C)C)c2cc(C(C)(C)C)cc(N(c3cc4c(cc3C)C(C)(C)CC4(C)C)C34C=C(C=C3c3ccccc3)C4(C)c3ccccc3)c2C)C(C)(C)CC1(C)C. The number of allylic oxidation sites excluding steroid dienone is 5. The minimum Gasteiger partial charge on any atom is -0.326 e. The number of benzene rings is 5. The van der Waals surface area contributed by atoms with Crippen LogP contribution in [0.1, 0.15) is 186 Å². The maximum absolute atomic E-state index is 4.29. The zero-order valence-corrected chi connectivity index (χ0v) is 48.3. The molecule has 11 rings (SSSR count). The van der Waals surface area contributed by atoms with Gasteiger partial charge >= 0.3 is 0 Å². The highest BCUT2D eigenvalue weighted by atomic mass is 15.3. The Hall–Kier alpha value is -5.60. The molecule has 0 saturated heterocycles. The van der Waals surface area contributed by atoms with Crippen molar-refractivity contribution in [2.24, 2.45) is 10.8 Å². The van der Waals surface area contributed by atoms with Crippen LogP contribution >= 0.6 is 0 Å². The summed E-state index contributed by atoms with van der Waals surface area (Å²) in [6.45, 7) is 50.6. The van der Waals surface area contributed by atoms with Crippen molar-refractivity contribution in [2.45, 2.75) is 189 Å². The maximum Gasteiger partial charge on any atom is 0.103 e. The van der Waals surface area contributed by atoms with Gasteiger partial charge in [0.1, 0.15) is 5.54 Å². The molecule has 0 amide bonds. The van der Waals surface area contributed by atoms with Crippen LogP contribution in [0.15, 0.2) is 151 Å². The number of nitrogens with zero attached hydrogens (tertiary/aromatic N) is 2. The van der Waals surface area contributed by atoms with Gasteiger partial charge < -0.3 is 9.80 Å². The first-order valence-electron chi connectivity index (χ1n) is 27.5. The van der Waals surface area contributed by atoms with Crippen molar-refractivity contribution in [1.82, 2.24) is 0 Å². The van der Waals surface area contributed by atoms with Crippen LogP contribution in [0, 0.1) is 31.6 Å². The molecule has 2 nitrogen and oxygen atoms in total. The summed E-state index contributed by atoms with van der Waals surface area (Å²) in [5.41, 5.74) is 23.1. The van der Waals surface area contributed by atoms with Crippen molar-refractivity contribution < 1.29 is 0 Å². The molecule has 2 bridgehead atoms. The molecule has 5 aromatic rings. The van der Waals surface area contributed by atoms with E-state index in [1.807, 2.05) is 6.08 Å². The van der Waals surface area contributed by atoms with E-state index in [9.17, 15) is 0 Å². The Bertz CT molecular complexity index is 3240. The minimum atomic E-state index is -0.583. The van der Waals surface area contributed by atoms with Gasteiger partial charge in [0.2, 0.25) is 0 Å². The number of aryl methyl sites for hydroxylation is 2. The Morgan fingerprint density at radius 1 is 0.521 bits per heavy atom. The molecule has 0 radical (unpaired) electrons. The molecule has 0 aliphatic heterocycles. The molecule has 2 unspecified atom stereocenters. The average molecular weight is 967 g/mol. The van der Waals surface area contributed by atoms with E-state index in [1.54, 1.807) is 0 Å². The third-order valence-corrected chi connectivity index (χ3v) is 19.0. The van der Waals surface area contributed by atoms with Crippen LogP contribution in [-0.2, 0) is 32.5 Å². The lowest BCUT2D eigenvalue weighted by atomic mass is 9.54. The van der Waals surface area contributed by atoms with Gasteiger partial charge in [0, 0.05) is 28.7 Å². The molecular formula is C71H86N2. The van der Waals surface area contributed by atoms with Crippen LogP contribution in [0.3, 0.4) is 0 Å². The van der Waals surface area contributed by atoms with Crippen molar-refractivity contribution in [2.75, 3.05) is 9.80 Å². The smallest absolute Gasteiger partial charge is 0.103 e. The van der Waals surface area contributed by atoms with E-state index in [2.05, 4.69) is 269 Å². The summed E-state index contributed by atoms with van der Waals surface area (Å²) >= 11 is 0. The van der Waals surface area contributed by atoms with E-state index < -0.39 is 5.54 Å². The topological polar surface area (TPSA) is 6.48 Å². The average Bonchev–Trinajstić information content (AvgIpc) is 3.97. The molecule has 0 spiro atoms. The molecule has 1 saturated carbocycles. The Labute approximate surface area is 442 Å². The molecule has 6 aliphatic carbocycles. The van der Waals surface area contributed by atoms with Gasteiger partial charge in [0.25, 0.3) is 0 Å². The monoisotopic (exact) mass is 967 g/mol. The number of anilines is 4. The van der Waals surface area contributed by atoms with E-state index in [4.69, 9.17) is 0 Å². The first kappa shape index (κ1) is 50.9. The minimum absolute atomic E-state index is 0.00412. The number of hydrogen-bond donors (Lipinski definition) is 0. The largest absolute Gasteiger partial charge is 0.326 e. The fourth-order valence-electron chi connectivity index (χ4n) is 15.9. The predicted molar refractivity (Wildman–Crippen MR) is 315 cm³/mol. The summed E-state index contributed by atoms with van der Waals surface area (Å²) in [7, 11) is 0. The lowest BCUT2D eigenvalue weighted by Crippen LogP contribution is -2.63. The quantitative estimate of drug-likeness (QED) is 0.145. The number of hydrogen-bond acceptors (Lipinski definition) is 2. The van der Waals surface area contributed by atoms with Gasteiger partial charge in [-0.1, -0.05) is 201 Å². The summed E-state index contributed by atoms with van der Waals surface area (Å²) < 4.78 is 0. The Balaban J connectivity index is 1.36. The maximum atomic E-state index is 4.29. The highest BCUT2D eigenvalue weighted by Gasteiger charge is 2.67. The first-order chi connectivity index (χ1) is 33.8. The van der Waals surface area contributed by atoms with Crippen molar-refractivity contribution in [3.05, 3.63) is 206 Å². The standard InChI is InChI=1S/C71H86N2/c1-21-28-52-58(69(18,19)42-64(52,8)9)41-72(59-38-56-54(33-45(59)2)65(10,11)43-67(56,14)15)61-36-50(63(5,6)7)37-62(47(61)4)73(60-39-57-55(34-46(60)3)66(12,13)44-68(57,16)17)71-40-51(35-53(71)48-29-24-22-25-30-48)70(71,20)49-31-26-23-27-32-49/h21-41H,1,42-44H2,2-20H3/b52-28?,58-41+. The molecule has 0 aromatic heterocycles. The Kier molecular flexibility index (Phi) is 11.3. The third kappa shape index (κ3) is 7.52. The van der Waals surface area contributed by atoms with E-state index in [1.165, 1.54) is 101 Å².